The van der Waals surface area contributed by atoms with Gasteiger partial charge in [0.25, 0.3) is 0 Å². The van der Waals surface area contributed by atoms with Crippen LogP contribution >= 0.6 is 0 Å². The van der Waals surface area contributed by atoms with E-state index >= 15 is 0 Å². The topological polar surface area (TPSA) is 23.8 Å². The molecule has 86 valence electrons. The van der Waals surface area contributed by atoms with Crippen LogP contribution in [0.4, 0.5) is 0 Å². The number of unbranched alkanes of at least 4 members (excludes halogenated alkanes) is 3. The molecule has 0 fully saturated rings. The first-order valence-electron chi connectivity index (χ1n) is 5.98. The summed E-state index contributed by atoms with van der Waals surface area (Å²) in [5.74, 6) is 0. The number of rotatable bonds is 7. The molecular weight excluding hydrogens is 261 g/mol. The third-order valence-corrected chi connectivity index (χ3v) is 4.94. The van der Waals surface area contributed by atoms with Gasteiger partial charge in [0.05, 0.1) is 0 Å². The van der Waals surface area contributed by atoms with Crippen LogP contribution in [-0.4, -0.2) is 15.0 Å². The van der Waals surface area contributed by atoms with Crippen LogP contribution in [0.15, 0.2) is 30.3 Å². The summed E-state index contributed by atoms with van der Waals surface area (Å²) in [6.45, 7) is 2.22. The molecule has 1 nitrogen and oxygen atoms in total. The van der Waals surface area contributed by atoms with Crippen molar-refractivity contribution in [1.82, 2.24) is 0 Å². The van der Waals surface area contributed by atoms with Crippen LogP contribution in [0.3, 0.4) is 0 Å². The Morgan fingerprint density at radius 2 is 1.94 bits per heavy atom. The van der Waals surface area contributed by atoms with Gasteiger partial charge in [0.1, 0.15) is 0 Å². The standard InChI is InChI=1S/C14H19NSe/c1-2-3-4-6-11-14(12-15)16-13-9-7-5-8-10-13/h5,7-10,14H,2-4,6,11H2,1H3. The van der Waals surface area contributed by atoms with Crippen molar-refractivity contribution in [1.29, 1.82) is 5.26 Å². The van der Waals surface area contributed by atoms with E-state index in [9.17, 15) is 0 Å². The van der Waals surface area contributed by atoms with E-state index in [4.69, 9.17) is 5.26 Å². The Hall–Kier alpha value is -0.771. The van der Waals surface area contributed by atoms with Gasteiger partial charge in [0, 0.05) is 0 Å². The third-order valence-electron chi connectivity index (χ3n) is 2.49. The van der Waals surface area contributed by atoms with Gasteiger partial charge in [-0.3, -0.25) is 0 Å². The number of hydrogen-bond acceptors (Lipinski definition) is 1. The number of nitriles is 1. The van der Waals surface area contributed by atoms with Crippen LogP contribution < -0.4 is 4.46 Å². The fourth-order valence-corrected chi connectivity index (χ4v) is 3.63. The first kappa shape index (κ1) is 13.3. The van der Waals surface area contributed by atoms with Gasteiger partial charge < -0.3 is 0 Å². The zero-order chi connectivity index (χ0) is 11.6. The van der Waals surface area contributed by atoms with E-state index in [0.29, 0.717) is 15.0 Å². The average molecular weight is 280 g/mol. The van der Waals surface area contributed by atoms with Crippen molar-refractivity contribution in [3.8, 4) is 6.07 Å². The van der Waals surface area contributed by atoms with Gasteiger partial charge in [-0.05, 0) is 0 Å². The van der Waals surface area contributed by atoms with E-state index < -0.39 is 0 Å². The molecule has 0 aliphatic rings. The molecule has 1 aromatic rings. The predicted octanol–water partition coefficient (Wildman–Crippen LogP) is 3.30. The summed E-state index contributed by atoms with van der Waals surface area (Å²) < 4.78 is 1.34. The van der Waals surface area contributed by atoms with Crippen LogP contribution in [-0.2, 0) is 0 Å². The summed E-state index contributed by atoms with van der Waals surface area (Å²) in [4.78, 5) is 0.256. The van der Waals surface area contributed by atoms with Crippen molar-refractivity contribution in [2.75, 3.05) is 0 Å². The number of hydrogen-bond donors (Lipinski definition) is 0. The summed E-state index contributed by atoms with van der Waals surface area (Å²) in [5.41, 5.74) is 0. The Balaban J connectivity index is 2.30. The van der Waals surface area contributed by atoms with E-state index in [1.807, 2.05) is 6.07 Å². The van der Waals surface area contributed by atoms with E-state index in [2.05, 4.69) is 37.3 Å². The van der Waals surface area contributed by atoms with E-state index in [1.165, 1.54) is 30.1 Å². The molecule has 1 atom stereocenters. The van der Waals surface area contributed by atoms with Gasteiger partial charge in [-0.1, -0.05) is 0 Å². The molecule has 2 heteroatoms. The van der Waals surface area contributed by atoms with Crippen molar-refractivity contribution in [2.45, 2.75) is 43.8 Å². The molecule has 0 saturated carbocycles. The monoisotopic (exact) mass is 281 g/mol. The Bertz CT molecular complexity index is 315. The second-order valence-electron chi connectivity index (χ2n) is 3.90. The molecule has 0 aliphatic carbocycles. The molecule has 0 N–H and O–H groups in total. The first-order valence-corrected chi connectivity index (χ1v) is 7.82. The van der Waals surface area contributed by atoms with Gasteiger partial charge in [-0.2, -0.15) is 0 Å². The summed E-state index contributed by atoms with van der Waals surface area (Å²) in [6.07, 6.45) is 6.13. The second kappa shape index (κ2) is 8.39. The summed E-state index contributed by atoms with van der Waals surface area (Å²) in [6, 6.07) is 12.9. The Morgan fingerprint density at radius 3 is 2.56 bits per heavy atom. The van der Waals surface area contributed by atoms with Crippen LogP contribution in [0.25, 0.3) is 0 Å². The Kier molecular flexibility index (Phi) is 6.97. The van der Waals surface area contributed by atoms with Gasteiger partial charge >= 0.3 is 105 Å². The summed E-state index contributed by atoms with van der Waals surface area (Å²) in [5, 5.41) is 9.11. The minimum absolute atomic E-state index is 0.256. The minimum atomic E-state index is 0.256. The molecule has 0 amide bonds. The molecule has 0 spiro atoms. The molecule has 0 saturated heterocycles. The van der Waals surface area contributed by atoms with Gasteiger partial charge in [0.2, 0.25) is 0 Å². The molecule has 0 heterocycles. The van der Waals surface area contributed by atoms with Crippen molar-refractivity contribution in [2.24, 2.45) is 0 Å². The molecule has 16 heavy (non-hydrogen) atoms. The van der Waals surface area contributed by atoms with Crippen molar-refractivity contribution >= 4 is 19.4 Å². The molecule has 0 aromatic heterocycles. The third kappa shape index (κ3) is 5.35. The molecule has 0 radical (unpaired) electrons. The van der Waals surface area contributed by atoms with E-state index in [1.54, 1.807) is 0 Å². The van der Waals surface area contributed by atoms with Crippen LogP contribution in [0.5, 0.6) is 0 Å². The molecule has 0 bridgehead atoms. The second-order valence-corrected chi connectivity index (χ2v) is 6.58. The fourth-order valence-electron chi connectivity index (χ4n) is 1.57. The Labute approximate surface area is 105 Å². The van der Waals surface area contributed by atoms with E-state index in [-0.39, 0.29) is 4.82 Å². The molecular formula is C14H19NSe. The van der Waals surface area contributed by atoms with Crippen molar-refractivity contribution < 1.29 is 0 Å². The van der Waals surface area contributed by atoms with Gasteiger partial charge in [-0.15, -0.1) is 0 Å². The fraction of sp³-hybridized carbons (Fsp3) is 0.500. The SMILES string of the molecule is CCCCCCC(C#N)[Se]c1ccccc1. The Morgan fingerprint density at radius 1 is 1.19 bits per heavy atom. The van der Waals surface area contributed by atoms with Crippen LogP contribution in [0.2, 0.25) is 4.82 Å². The quantitative estimate of drug-likeness (QED) is 0.555. The van der Waals surface area contributed by atoms with E-state index in [0.717, 1.165) is 6.42 Å². The van der Waals surface area contributed by atoms with Gasteiger partial charge in [0.15, 0.2) is 0 Å². The zero-order valence-corrected chi connectivity index (χ0v) is 11.6. The molecule has 0 aliphatic heterocycles. The van der Waals surface area contributed by atoms with Crippen LogP contribution in [0, 0.1) is 11.3 Å². The average Bonchev–Trinajstić information content (AvgIpc) is 2.34. The van der Waals surface area contributed by atoms with Crippen LogP contribution in [0.1, 0.15) is 39.0 Å². The molecule has 1 aromatic carbocycles. The first-order chi connectivity index (χ1) is 7.86. The van der Waals surface area contributed by atoms with Crippen molar-refractivity contribution in [3.63, 3.8) is 0 Å². The summed E-state index contributed by atoms with van der Waals surface area (Å²) in [7, 11) is 0. The molecule has 1 rings (SSSR count). The number of nitrogens with zero attached hydrogens (tertiary/aromatic N) is 1. The van der Waals surface area contributed by atoms with Crippen molar-refractivity contribution in [3.05, 3.63) is 30.3 Å². The normalized spacial score (nSPS) is 12.0. The summed E-state index contributed by atoms with van der Waals surface area (Å²) >= 11 is 0.322. The maximum atomic E-state index is 9.11. The zero-order valence-electron chi connectivity index (χ0n) is 9.86. The molecule has 1 unspecified atom stereocenters. The van der Waals surface area contributed by atoms with Gasteiger partial charge in [-0.25, -0.2) is 0 Å². The number of benzene rings is 1. The predicted molar refractivity (Wildman–Crippen MR) is 70.0 cm³/mol. The maximum absolute atomic E-state index is 9.11.